The summed E-state index contributed by atoms with van der Waals surface area (Å²) in [5.74, 6) is -6.14. The van der Waals surface area contributed by atoms with Crippen LogP contribution in [0.15, 0.2) is 0 Å². The van der Waals surface area contributed by atoms with Gasteiger partial charge in [0.1, 0.15) is 0 Å². The Morgan fingerprint density at radius 3 is 1.70 bits per heavy atom. The monoisotopic (exact) mass is 150 g/mol. The van der Waals surface area contributed by atoms with E-state index in [1.165, 1.54) is 0 Å². The molecule has 5 nitrogen and oxygen atoms in total. The highest BCUT2D eigenvalue weighted by Gasteiger charge is 2.30. The highest BCUT2D eigenvalue weighted by Crippen LogP contribution is 1.92. The number of carbonyl (C=O) groups is 3. The molecule has 6 heteroatoms. The molecule has 0 radical (unpaired) electrons. The van der Waals surface area contributed by atoms with E-state index in [1.54, 1.807) is 0 Å². The number of rotatable bonds is 3. The maximum absolute atomic E-state index is 11.8. The fraction of sp³-hybridized carbons (Fsp3) is 0.250. The molecule has 0 fully saturated rings. The van der Waals surface area contributed by atoms with Crippen molar-refractivity contribution in [2.45, 2.75) is 6.17 Å². The predicted molar refractivity (Wildman–Crippen MR) is 25.2 cm³/mol. The minimum absolute atomic E-state index is 1.97. The predicted octanol–water partition coefficient (Wildman–Crippen LogP) is -0.937. The van der Waals surface area contributed by atoms with Gasteiger partial charge in [-0.1, -0.05) is 0 Å². The van der Waals surface area contributed by atoms with Gasteiger partial charge in [-0.25, -0.2) is 14.0 Å². The van der Waals surface area contributed by atoms with Crippen LogP contribution in [0.1, 0.15) is 0 Å². The highest BCUT2D eigenvalue weighted by molar-refractivity contribution is 6.38. The molecule has 0 saturated carbocycles. The maximum atomic E-state index is 11.8. The number of carboxylic acid groups (broad SMARTS) is 2. The zero-order valence-electron chi connectivity index (χ0n) is 4.57. The van der Waals surface area contributed by atoms with E-state index in [4.69, 9.17) is 10.2 Å². The molecule has 0 aliphatic rings. The molecule has 0 rings (SSSR count). The largest absolute Gasteiger partial charge is 0.479 e. The molecule has 0 spiro atoms. The van der Waals surface area contributed by atoms with Crippen molar-refractivity contribution in [2.75, 3.05) is 0 Å². The fourth-order valence-electron chi connectivity index (χ4n) is 0.221. The Morgan fingerprint density at radius 2 is 1.60 bits per heavy atom. The normalized spacial score (nSPS) is 12.1. The highest BCUT2D eigenvalue weighted by atomic mass is 19.1. The Kier molecular flexibility index (Phi) is 2.48. The second kappa shape index (κ2) is 2.90. The molecule has 0 bridgehead atoms. The van der Waals surface area contributed by atoms with Crippen molar-refractivity contribution < 1.29 is 29.0 Å². The van der Waals surface area contributed by atoms with Crippen LogP contribution >= 0.6 is 0 Å². The third-order valence-corrected chi connectivity index (χ3v) is 0.658. The van der Waals surface area contributed by atoms with Crippen LogP contribution in [0.25, 0.3) is 0 Å². The van der Waals surface area contributed by atoms with Gasteiger partial charge >= 0.3 is 11.9 Å². The van der Waals surface area contributed by atoms with E-state index in [0.29, 0.717) is 0 Å². The van der Waals surface area contributed by atoms with Gasteiger partial charge in [0.2, 0.25) is 0 Å². The summed E-state index contributed by atoms with van der Waals surface area (Å²) in [5.41, 5.74) is 0. The lowest BCUT2D eigenvalue weighted by molar-refractivity contribution is -0.157. The second-order valence-corrected chi connectivity index (χ2v) is 1.37. The van der Waals surface area contributed by atoms with Gasteiger partial charge in [-0.05, 0) is 0 Å². The van der Waals surface area contributed by atoms with Crippen molar-refractivity contribution in [3.8, 4) is 0 Å². The third kappa shape index (κ3) is 1.81. The first-order valence-electron chi connectivity index (χ1n) is 2.11. The second-order valence-electron chi connectivity index (χ2n) is 1.37. The van der Waals surface area contributed by atoms with Crippen molar-refractivity contribution in [3.05, 3.63) is 0 Å². The number of aliphatic carboxylic acids is 2. The topological polar surface area (TPSA) is 91.7 Å². The number of alkyl halides is 1. The van der Waals surface area contributed by atoms with Gasteiger partial charge in [0.05, 0.1) is 0 Å². The average Bonchev–Trinajstić information content (AvgIpc) is 1.84. The van der Waals surface area contributed by atoms with E-state index in [0.717, 1.165) is 0 Å². The minimum atomic E-state index is -2.96. The maximum Gasteiger partial charge on any atom is 0.376 e. The van der Waals surface area contributed by atoms with Gasteiger partial charge in [-0.15, -0.1) is 0 Å². The molecule has 0 aliphatic carbocycles. The molecule has 2 N–H and O–H groups in total. The van der Waals surface area contributed by atoms with Crippen LogP contribution in [-0.2, 0) is 14.4 Å². The summed E-state index contributed by atoms with van der Waals surface area (Å²) in [6.07, 6.45) is -2.96. The van der Waals surface area contributed by atoms with Gasteiger partial charge in [-0.2, -0.15) is 0 Å². The number of hydrogen-bond acceptors (Lipinski definition) is 3. The molecule has 0 aromatic heterocycles. The SMILES string of the molecule is O=C(O)C(=O)[C@@H](F)C(=O)O. The van der Waals surface area contributed by atoms with Gasteiger partial charge in [0.25, 0.3) is 12.0 Å². The van der Waals surface area contributed by atoms with Crippen molar-refractivity contribution in [3.63, 3.8) is 0 Å². The third-order valence-electron chi connectivity index (χ3n) is 0.658. The van der Waals surface area contributed by atoms with Crippen LogP contribution in [0.5, 0.6) is 0 Å². The van der Waals surface area contributed by atoms with Crippen molar-refractivity contribution in [1.82, 2.24) is 0 Å². The van der Waals surface area contributed by atoms with E-state index < -0.39 is 23.9 Å². The Morgan fingerprint density at radius 1 is 1.20 bits per heavy atom. The van der Waals surface area contributed by atoms with Crippen molar-refractivity contribution in [1.29, 1.82) is 0 Å². The summed E-state index contributed by atoms with van der Waals surface area (Å²) in [5, 5.41) is 15.5. The lowest BCUT2D eigenvalue weighted by Crippen LogP contribution is -2.31. The molecule has 0 unspecified atom stereocenters. The molecule has 0 amide bonds. The number of Topliss-reactive ketones (excluding diaryl/α,β-unsaturated/α-hetero) is 1. The Balaban J connectivity index is 4.22. The van der Waals surface area contributed by atoms with Gasteiger partial charge in [-0.3, -0.25) is 4.79 Å². The van der Waals surface area contributed by atoms with Crippen LogP contribution in [0.3, 0.4) is 0 Å². The summed E-state index contributed by atoms with van der Waals surface area (Å²) >= 11 is 0. The molecule has 0 heterocycles. The molecule has 0 aliphatic heterocycles. The molecule has 56 valence electrons. The van der Waals surface area contributed by atoms with Crippen molar-refractivity contribution >= 4 is 17.7 Å². The molecule has 10 heavy (non-hydrogen) atoms. The first kappa shape index (κ1) is 8.54. The average molecular weight is 150 g/mol. The van der Waals surface area contributed by atoms with Crippen molar-refractivity contribution in [2.24, 2.45) is 0 Å². The standard InChI is InChI=1S/C4H3FO5/c5-1(3(7)8)2(6)4(9)10/h1H,(H,7,8)(H,9,10)/t1-/m1/s1. The van der Waals surface area contributed by atoms with E-state index in [9.17, 15) is 18.8 Å². The number of hydrogen-bond donors (Lipinski definition) is 2. The van der Waals surface area contributed by atoms with E-state index in [2.05, 4.69) is 0 Å². The van der Waals surface area contributed by atoms with Crippen LogP contribution < -0.4 is 0 Å². The van der Waals surface area contributed by atoms with Crippen LogP contribution in [0.2, 0.25) is 0 Å². The zero-order chi connectivity index (χ0) is 8.31. The Bertz CT molecular complexity index is 186. The van der Waals surface area contributed by atoms with E-state index >= 15 is 0 Å². The van der Waals surface area contributed by atoms with E-state index in [1.807, 2.05) is 0 Å². The summed E-state index contributed by atoms with van der Waals surface area (Å²) in [6.45, 7) is 0. The van der Waals surface area contributed by atoms with Gasteiger partial charge in [0, 0.05) is 0 Å². The van der Waals surface area contributed by atoms with E-state index in [-0.39, 0.29) is 0 Å². The number of ketones is 1. The summed E-state index contributed by atoms with van der Waals surface area (Å²) < 4.78 is 11.8. The first-order chi connectivity index (χ1) is 4.46. The number of carboxylic acids is 2. The lowest BCUT2D eigenvalue weighted by Gasteiger charge is -1.94. The van der Waals surface area contributed by atoms with Crippen LogP contribution in [0, 0.1) is 0 Å². The zero-order valence-corrected chi connectivity index (χ0v) is 4.57. The summed E-state index contributed by atoms with van der Waals surface area (Å²) in [4.78, 5) is 29.1. The van der Waals surface area contributed by atoms with Crippen LogP contribution in [-0.4, -0.2) is 34.1 Å². The number of halogens is 1. The molecular weight excluding hydrogens is 147 g/mol. The summed E-state index contributed by atoms with van der Waals surface area (Å²) in [7, 11) is 0. The molecular formula is C4H3FO5. The quantitative estimate of drug-likeness (QED) is 0.400. The minimum Gasteiger partial charge on any atom is -0.479 e. The molecule has 1 atom stereocenters. The molecule has 0 aromatic rings. The Hall–Kier alpha value is -1.46. The number of carbonyl (C=O) groups excluding carboxylic acids is 1. The first-order valence-corrected chi connectivity index (χ1v) is 2.11. The smallest absolute Gasteiger partial charge is 0.376 e. The molecule has 0 saturated heterocycles. The van der Waals surface area contributed by atoms with Crippen LogP contribution in [0.4, 0.5) is 4.39 Å². The van der Waals surface area contributed by atoms with Gasteiger partial charge in [0.15, 0.2) is 0 Å². The lowest BCUT2D eigenvalue weighted by atomic mass is 10.2. The summed E-state index contributed by atoms with van der Waals surface area (Å²) in [6, 6.07) is 0. The Labute approximate surface area is 54.1 Å². The van der Waals surface area contributed by atoms with Gasteiger partial charge < -0.3 is 10.2 Å². The molecule has 0 aromatic carbocycles. The fourth-order valence-corrected chi connectivity index (χ4v) is 0.221.